The Kier molecular flexibility index (Phi) is 3.99. The molecule has 2 fully saturated rings. The van der Waals surface area contributed by atoms with Crippen LogP contribution in [0.5, 0.6) is 0 Å². The molecular formula is C12H21N3O2. The first kappa shape index (κ1) is 12.4. The van der Waals surface area contributed by atoms with Crippen LogP contribution >= 0.6 is 0 Å². The number of likely N-dealkylation sites (tertiary alicyclic amines) is 1. The fraction of sp³-hybridized carbons (Fsp3) is 0.833. The number of rotatable bonds is 2. The van der Waals surface area contributed by atoms with Crippen molar-refractivity contribution in [3.05, 3.63) is 0 Å². The van der Waals surface area contributed by atoms with E-state index < -0.39 is 0 Å². The largest absolute Gasteiger partial charge is 0.353 e. The second kappa shape index (κ2) is 5.49. The van der Waals surface area contributed by atoms with Gasteiger partial charge in [-0.3, -0.25) is 9.59 Å². The van der Waals surface area contributed by atoms with Crippen molar-refractivity contribution in [2.45, 2.75) is 44.7 Å². The average molecular weight is 239 g/mol. The molecule has 2 aliphatic rings. The highest BCUT2D eigenvalue weighted by atomic mass is 16.2. The van der Waals surface area contributed by atoms with E-state index in [-0.39, 0.29) is 24.3 Å². The molecule has 17 heavy (non-hydrogen) atoms. The van der Waals surface area contributed by atoms with Gasteiger partial charge in [0, 0.05) is 25.7 Å². The van der Waals surface area contributed by atoms with Gasteiger partial charge < -0.3 is 15.5 Å². The minimum atomic E-state index is -0.342. The Hall–Kier alpha value is -1.10. The number of amides is 2. The third-order valence-electron chi connectivity index (χ3n) is 3.63. The van der Waals surface area contributed by atoms with Crippen molar-refractivity contribution in [2.24, 2.45) is 0 Å². The molecule has 0 spiro atoms. The zero-order valence-electron chi connectivity index (χ0n) is 10.4. The van der Waals surface area contributed by atoms with Crippen LogP contribution in [0, 0.1) is 0 Å². The highest BCUT2D eigenvalue weighted by molar-refractivity contribution is 5.88. The van der Waals surface area contributed by atoms with Gasteiger partial charge in [0.05, 0.1) is 12.5 Å². The van der Waals surface area contributed by atoms with Crippen LogP contribution in [0.2, 0.25) is 0 Å². The lowest BCUT2D eigenvalue weighted by atomic mass is 10.0. The summed E-state index contributed by atoms with van der Waals surface area (Å²) in [6.07, 6.45) is 3.65. The van der Waals surface area contributed by atoms with Gasteiger partial charge in [-0.25, -0.2) is 0 Å². The normalized spacial score (nSPS) is 29.9. The van der Waals surface area contributed by atoms with Gasteiger partial charge >= 0.3 is 0 Å². The Morgan fingerprint density at radius 1 is 1.41 bits per heavy atom. The first-order valence-corrected chi connectivity index (χ1v) is 6.49. The fourth-order valence-electron chi connectivity index (χ4n) is 2.57. The fourth-order valence-corrected chi connectivity index (χ4v) is 2.57. The smallest absolute Gasteiger partial charge is 0.237 e. The van der Waals surface area contributed by atoms with Crippen molar-refractivity contribution < 1.29 is 9.59 Å². The third-order valence-corrected chi connectivity index (χ3v) is 3.63. The zero-order chi connectivity index (χ0) is 12.3. The van der Waals surface area contributed by atoms with E-state index in [4.69, 9.17) is 0 Å². The minimum absolute atomic E-state index is 0.0470. The third kappa shape index (κ3) is 2.97. The minimum Gasteiger partial charge on any atom is -0.353 e. The van der Waals surface area contributed by atoms with Gasteiger partial charge in [0.2, 0.25) is 11.8 Å². The molecule has 2 N–H and O–H groups in total. The van der Waals surface area contributed by atoms with E-state index in [1.54, 1.807) is 0 Å². The Morgan fingerprint density at radius 3 is 2.94 bits per heavy atom. The Morgan fingerprint density at radius 2 is 2.24 bits per heavy atom. The van der Waals surface area contributed by atoms with Crippen molar-refractivity contribution in [3.63, 3.8) is 0 Å². The van der Waals surface area contributed by atoms with Crippen LogP contribution in [0.4, 0.5) is 0 Å². The summed E-state index contributed by atoms with van der Waals surface area (Å²) in [4.78, 5) is 25.6. The molecule has 0 aromatic heterocycles. The van der Waals surface area contributed by atoms with Crippen molar-refractivity contribution in [3.8, 4) is 0 Å². The molecule has 2 aliphatic heterocycles. The average Bonchev–Trinajstić information content (AvgIpc) is 2.32. The summed E-state index contributed by atoms with van der Waals surface area (Å²) in [5, 5.41) is 5.87. The predicted molar refractivity (Wildman–Crippen MR) is 64.4 cm³/mol. The first-order valence-electron chi connectivity index (χ1n) is 6.49. The van der Waals surface area contributed by atoms with Crippen LogP contribution in [0.25, 0.3) is 0 Å². The van der Waals surface area contributed by atoms with Crippen LogP contribution in [0.3, 0.4) is 0 Å². The van der Waals surface area contributed by atoms with Gasteiger partial charge in [-0.05, 0) is 26.2 Å². The molecule has 0 aromatic rings. The number of nitrogens with one attached hydrogen (secondary N) is 2. The molecular weight excluding hydrogens is 218 g/mol. The number of piperazine rings is 1. The van der Waals surface area contributed by atoms with Crippen LogP contribution in [0.1, 0.15) is 32.6 Å². The summed E-state index contributed by atoms with van der Waals surface area (Å²) in [7, 11) is 0. The number of carbonyl (C=O) groups excluding carboxylic acids is 2. The van der Waals surface area contributed by atoms with Crippen LogP contribution in [-0.4, -0.2) is 48.4 Å². The molecule has 0 aliphatic carbocycles. The Bertz CT molecular complexity index is 306. The number of carbonyl (C=O) groups is 2. The lowest BCUT2D eigenvalue weighted by molar-refractivity contribution is -0.138. The molecule has 2 atom stereocenters. The first-order chi connectivity index (χ1) is 8.18. The maximum Gasteiger partial charge on any atom is 0.237 e. The van der Waals surface area contributed by atoms with Crippen molar-refractivity contribution >= 4 is 11.8 Å². The second-order valence-corrected chi connectivity index (χ2v) is 4.93. The number of nitrogens with zero attached hydrogens (tertiary/aromatic N) is 1. The molecule has 0 unspecified atom stereocenters. The number of piperidine rings is 1. The van der Waals surface area contributed by atoms with Crippen molar-refractivity contribution in [1.82, 2.24) is 15.5 Å². The highest BCUT2D eigenvalue weighted by Crippen LogP contribution is 2.17. The molecule has 2 saturated heterocycles. The van der Waals surface area contributed by atoms with Gasteiger partial charge in [-0.2, -0.15) is 0 Å². The molecule has 0 radical (unpaired) electrons. The monoisotopic (exact) mass is 239 g/mol. The molecule has 5 nitrogen and oxygen atoms in total. The van der Waals surface area contributed by atoms with Crippen molar-refractivity contribution in [2.75, 3.05) is 19.6 Å². The van der Waals surface area contributed by atoms with Gasteiger partial charge in [0.25, 0.3) is 0 Å². The lowest BCUT2D eigenvalue weighted by Gasteiger charge is -2.35. The SMILES string of the molecule is C[C@H]1CCCCN1C(=O)C[C@H]1NCCNC1=O. The summed E-state index contributed by atoms with van der Waals surface area (Å²) in [6, 6.07) is -0.0201. The lowest BCUT2D eigenvalue weighted by Crippen LogP contribution is -2.55. The van der Waals surface area contributed by atoms with E-state index >= 15 is 0 Å². The van der Waals surface area contributed by atoms with E-state index in [1.807, 2.05) is 4.90 Å². The maximum absolute atomic E-state index is 12.1. The van der Waals surface area contributed by atoms with Crippen molar-refractivity contribution in [1.29, 1.82) is 0 Å². The molecule has 2 amide bonds. The molecule has 2 heterocycles. The van der Waals surface area contributed by atoms with E-state index in [9.17, 15) is 9.59 Å². The molecule has 0 saturated carbocycles. The molecule has 0 bridgehead atoms. The summed E-state index contributed by atoms with van der Waals surface area (Å²) >= 11 is 0. The molecule has 0 aromatic carbocycles. The molecule has 5 heteroatoms. The summed E-state index contributed by atoms with van der Waals surface area (Å²) in [6.45, 7) is 4.34. The molecule has 2 rings (SSSR count). The highest BCUT2D eigenvalue weighted by Gasteiger charge is 2.29. The van der Waals surface area contributed by atoms with Crippen LogP contribution in [0.15, 0.2) is 0 Å². The standard InChI is InChI=1S/C12H21N3O2/c1-9-4-2-3-7-15(9)11(16)8-10-12(17)14-6-5-13-10/h9-10,13H,2-8H2,1H3,(H,14,17)/t9-,10+/m0/s1. The summed E-state index contributed by atoms with van der Waals surface area (Å²) in [5.74, 6) is 0.0565. The van der Waals surface area contributed by atoms with Gasteiger partial charge in [0.15, 0.2) is 0 Å². The van der Waals surface area contributed by atoms with Crippen LogP contribution in [-0.2, 0) is 9.59 Å². The topological polar surface area (TPSA) is 61.4 Å². The maximum atomic E-state index is 12.1. The van der Waals surface area contributed by atoms with Gasteiger partial charge in [-0.1, -0.05) is 0 Å². The van der Waals surface area contributed by atoms with Gasteiger partial charge in [0.1, 0.15) is 0 Å². The van der Waals surface area contributed by atoms with Crippen LogP contribution < -0.4 is 10.6 Å². The number of hydrogen-bond donors (Lipinski definition) is 2. The second-order valence-electron chi connectivity index (χ2n) is 4.93. The van der Waals surface area contributed by atoms with E-state index in [0.29, 0.717) is 12.6 Å². The zero-order valence-corrected chi connectivity index (χ0v) is 10.4. The summed E-state index contributed by atoms with van der Waals surface area (Å²) in [5.41, 5.74) is 0. The Labute approximate surface area is 102 Å². The summed E-state index contributed by atoms with van der Waals surface area (Å²) < 4.78 is 0. The quantitative estimate of drug-likeness (QED) is 0.705. The Balaban J connectivity index is 1.89. The molecule has 96 valence electrons. The van der Waals surface area contributed by atoms with Gasteiger partial charge in [-0.15, -0.1) is 0 Å². The van der Waals surface area contributed by atoms with E-state index in [2.05, 4.69) is 17.6 Å². The van der Waals surface area contributed by atoms with E-state index in [1.165, 1.54) is 6.42 Å². The van der Waals surface area contributed by atoms with E-state index in [0.717, 1.165) is 25.9 Å². The number of hydrogen-bond acceptors (Lipinski definition) is 3. The predicted octanol–water partition coefficient (Wildman–Crippen LogP) is -0.134.